The number of fused-ring (bicyclic) bond motifs is 1. The molecule has 0 spiro atoms. The van der Waals surface area contributed by atoms with Crippen LogP contribution in [0.3, 0.4) is 0 Å². The van der Waals surface area contributed by atoms with E-state index < -0.39 is 0 Å². The highest BCUT2D eigenvalue weighted by Crippen LogP contribution is 2.21. The van der Waals surface area contributed by atoms with Gasteiger partial charge in [0, 0.05) is 30.0 Å². The molecule has 0 aliphatic heterocycles. The second-order valence-corrected chi connectivity index (χ2v) is 7.12. The number of hydrogen-bond acceptors (Lipinski definition) is 4. The average Bonchev–Trinajstić information content (AvgIpc) is 2.88. The number of aryl methyl sites for hydroxylation is 3. The lowest BCUT2D eigenvalue weighted by Crippen LogP contribution is -2.30. The molecule has 0 bridgehead atoms. The van der Waals surface area contributed by atoms with Crippen molar-refractivity contribution in [2.75, 3.05) is 6.54 Å². The van der Waals surface area contributed by atoms with Crippen molar-refractivity contribution in [3.05, 3.63) is 39.7 Å². The molecule has 0 unspecified atom stereocenters. The molecule has 6 nitrogen and oxygen atoms in total. The van der Waals surface area contributed by atoms with Gasteiger partial charge in [0.25, 0.3) is 0 Å². The Bertz CT molecular complexity index is 809. The Labute approximate surface area is 155 Å². The molecule has 3 rings (SSSR count). The lowest BCUT2D eigenvalue weighted by molar-refractivity contribution is -0.121. The van der Waals surface area contributed by atoms with Crippen LogP contribution in [0.1, 0.15) is 59.5 Å². The smallest absolute Gasteiger partial charge is 0.241 e. The molecule has 2 aromatic heterocycles. The van der Waals surface area contributed by atoms with Crippen LogP contribution < -0.4 is 5.32 Å². The van der Waals surface area contributed by atoms with Crippen molar-refractivity contribution >= 4 is 5.91 Å². The summed E-state index contributed by atoms with van der Waals surface area (Å²) in [4.78, 5) is 21.6. The summed E-state index contributed by atoms with van der Waals surface area (Å²) in [6.07, 6.45) is 6.20. The van der Waals surface area contributed by atoms with E-state index >= 15 is 0 Å². The maximum absolute atomic E-state index is 12.3. The van der Waals surface area contributed by atoms with Gasteiger partial charge in [-0.1, -0.05) is 6.92 Å². The lowest BCUT2D eigenvalue weighted by atomic mass is 9.95. The predicted octanol–water partition coefficient (Wildman–Crippen LogP) is 2.40. The van der Waals surface area contributed by atoms with E-state index in [9.17, 15) is 4.79 Å². The minimum absolute atomic E-state index is 0.0204. The van der Waals surface area contributed by atoms with E-state index in [1.807, 2.05) is 13.8 Å². The third-order valence-electron chi connectivity index (χ3n) is 5.29. The Morgan fingerprint density at radius 2 is 1.88 bits per heavy atom. The summed E-state index contributed by atoms with van der Waals surface area (Å²) in [6, 6.07) is 0. The molecule has 2 aromatic rings. The highest BCUT2D eigenvalue weighted by Gasteiger charge is 2.16. The third kappa shape index (κ3) is 3.94. The van der Waals surface area contributed by atoms with Crippen LogP contribution in [0.25, 0.3) is 0 Å². The van der Waals surface area contributed by atoms with E-state index in [4.69, 9.17) is 4.98 Å². The van der Waals surface area contributed by atoms with Gasteiger partial charge in [0.15, 0.2) is 0 Å². The Kier molecular flexibility index (Phi) is 5.69. The van der Waals surface area contributed by atoms with Crippen molar-refractivity contribution in [1.29, 1.82) is 0 Å². The molecule has 1 N–H and O–H groups in total. The molecule has 6 heteroatoms. The minimum atomic E-state index is -0.0204. The number of amides is 1. The zero-order chi connectivity index (χ0) is 18.7. The molecular formula is C20H29N5O. The molecule has 0 saturated carbocycles. The fourth-order valence-corrected chi connectivity index (χ4v) is 3.86. The predicted molar refractivity (Wildman–Crippen MR) is 101 cm³/mol. The van der Waals surface area contributed by atoms with E-state index in [2.05, 4.69) is 29.2 Å². The molecule has 1 amide bonds. The highest BCUT2D eigenvalue weighted by molar-refractivity contribution is 5.75. The van der Waals surface area contributed by atoms with E-state index in [-0.39, 0.29) is 12.5 Å². The number of nitrogens with one attached hydrogen (secondary N) is 1. The monoisotopic (exact) mass is 355 g/mol. The summed E-state index contributed by atoms with van der Waals surface area (Å²) in [5.74, 6) is 0.816. The summed E-state index contributed by atoms with van der Waals surface area (Å²) in [6.45, 7) is 9.02. The first-order valence-corrected chi connectivity index (χ1v) is 9.64. The normalized spacial score (nSPS) is 13.5. The van der Waals surface area contributed by atoms with Gasteiger partial charge in [0.2, 0.25) is 5.91 Å². The molecule has 1 aliphatic rings. The number of hydrogen-bond donors (Lipinski definition) is 1. The van der Waals surface area contributed by atoms with Crippen LogP contribution in [0.2, 0.25) is 0 Å². The fourth-order valence-electron chi connectivity index (χ4n) is 3.86. The SMILES string of the molecule is CCc1c(C)nn(CC(=O)NCCc2nc(C)c3c(n2)CCCC3)c1C. The maximum Gasteiger partial charge on any atom is 0.241 e. The zero-order valence-corrected chi connectivity index (χ0v) is 16.4. The zero-order valence-electron chi connectivity index (χ0n) is 16.4. The van der Waals surface area contributed by atoms with Gasteiger partial charge in [0.05, 0.1) is 5.69 Å². The van der Waals surface area contributed by atoms with Gasteiger partial charge >= 0.3 is 0 Å². The van der Waals surface area contributed by atoms with E-state index in [1.54, 1.807) is 4.68 Å². The largest absolute Gasteiger partial charge is 0.354 e. The van der Waals surface area contributed by atoms with Crippen molar-refractivity contribution in [3.63, 3.8) is 0 Å². The van der Waals surface area contributed by atoms with Crippen LogP contribution in [-0.2, 0) is 37.0 Å². The fraction of sp³-hybridized carbons (Fsp3) is 0.600. The summed E-state index contributed by atoms with van der Waals surface area (Å²) in [5.41, 5.74) is 6.96. The van der Waals surface area contributed by atoms with E-state index in [1.165, 1.54) is 29.7 Å². The van der Waals surface area contributed by atoms with E-state index in [0.717, 1.165) is 42.2 Å². The van der Waals surface area contributed by atoms with Gasteiger partial charge in [-0.25, -0.2) is 9.97 Å². The second kappa shape index (κ2) is 7.98. The molecular weight excluding hydrogens is 326 g/mol. The first-order valence-electron chi connectivity index (χ1n) is 9.64. The van der Waals surface area contributed by atoms with Gasteiger partial charge in [0.1, 0.15) is 12.4 Å². The van der Waals surface area contributed by atoms with Crippen molar-refractivity contribution in [1.82, 2.24) is 25.1 Å². The molecule has 0 aromatic carbocycles. The molecule has 26 heavy (non-hydrogen) atoms. The number of carbonyl (C=O) groups is 1. The topological polar surface area (TPSA) is 72.7 Å². The van der Waals surface area contributed by atoms with Gasteiger partial charge in [-0.2, -0.15) is 5.10 Å². The Balaban J connectivity index is 1.55. The molecule has 2 heterocycles. The number of carbonyl (C=O) groups excluding carboxylic acids is 1. The van der Waals surface area contributed by atoms with Crippen LogP contribution in [0.4, 0.5) is 0 Å². The van der Waals surface area contributed by atoms with E-state index in [0.29, 0.717) is 13.0 Å². The van der Waals surface area contributed by atoms with Crippen LogP contribution >= 0.6 is 0 Å². The number of aromatic nitrogens is 4. The molecule has 0 atom stereocenters. The van der Waals surface area contributed by atoms with Gasteiger partial charge in [-0.15, -0.1) is 0 Å². The van der Waals surface area contributed by atoms with Crippen molar-refractivity contribution in [2.24, 2.45) is 0 Å². The first kappa shape index (κ1) is 18.5. The Morgan fingerprint density at radius 1 is 1.12 bits per heavy atom. The first-order chi connectivity index (χ1) is 12.5. The molecule has 0 fully saturated rings. The van der Waals surface area contributed by atoms with Gasteiger partial charge < -0.3 is 5.32 Å². The van der Waals surface area contributed by atoms with Gasteiger partial charge in [-0.05, 0) is 64.0 Å². The number of nitrogens with zero attached hydrogens (tertiary/aromatic N) is 4. The van der Waals surface area contributed by atoms with Crippen molar-refractivity contribution in [2.45, 2.75) is 72.8 Å². The van der Waals surface area contributed by atoms with Crippen LogP contribution in [0.15, 0.2) is 0 Å². The van der Waals surface area contributed by atoms with Gasteiger partial charge in [-0.3, -0.25) is 9.48 Å². The highest BCUT2D eigenvalue weighted by atomic mass is 16.2. The summed E-state index contributed by atoms with van der Waals surface area (Å²) < 4.78 is 1.79. The molecule has 0 saturated heterocycles. The summed E-state index contributed by atoms with van der Waals surface area (Å²) in [7, 11) is 0. The summed E-state index contributed by atoms with van der Waals surface area (Å²) >= 11 is 0. The Hall–Kier alpha value is -2.24. The molecule has 140 valence electrons. The van der Waals surface area contributed by atoms with Crippen LogP contribution in [-0.4, -0.2) is 32.2 Å². The second-order valence-electron chi connectivity index (χ2n) is 7.12. The molecule has 1 aliphatic carbocycles. The van der Waals surface area contributed by atoms with Crippen LogP contribution in [0, 0.1) is 20.8 Å². The quantitative estimate of drug-likeness (QED) is 0.864. The van der Waals surface area contributed by atoms with Crippen molar-refractivity contribution in [3.8, 4) is 0 Å². The third-order valence-corrected chi connectivity index (χ3v) is 5.29. The maximum atomic E-state index is 12.3. The lowest BCUT2D eigenvalue weighted by Gasteiger charge is -2.17. The summed E-state index contributed by atoms with van der Waals surface area (Å²) in [5, 5.41) is 7.45. The Morgan fingerprint density at radius 3 is 2.62 bits per heavy atom. The number of rotatable bonds is 6. The average molecular weight is 355 g/mol. The van der Waals surface area contributed by atoms with Crippen molar-refractivity contribution < 1.29 is 4.79 Å². The van der Waals surface area contributed by atoms with Crippen LogP contribution in [0.5, 0.6) is 0 Å². The minimum Gasteiger partial charge on any atom is -0.354 e. The molecule has 0 radical (unpaired) electrons. The standard InChI is InChI=1S/C20H29N5O/c1-5-16-14(3)24-25(15(16)4)12-20(26)21-11-10-19-22-13(2)17-8-6-7-9-18(17)23-19/h5-12H2,1-4H3,(H,21,26).